The van der Waals surface area contributed by atoms with Gasteiger partial charge in [-0.25, -0.2) is 0 Å². The van der Waals surface area contributed by atoms with Crippen LogP contribution >= 0.6 is 0 Å². The lowest BCUT2D eigenvalue weighted by molar-refractivity contribution is -0.116. The molecule has 0 bridgehead atoms. The molecule has 17 heavy (non-hydrogen) atoms. The van der Waals surface area contributed by atoms with Crippen molar-refractivity contribution in [1.82, 2.24) is 0 Å². The molecule has 0 aromatic heterocycles. The molecule has 0 heterocycles. The second kappa shape index (κ2) is 4.84. The maximum atomic E-state index is 11.8. The quantitative estimate of drug-likeness (QED) is 0.844. The summed E-state index contributed by atoms with van der Waals surface area (Å²) in [5.74, 6) is 0.215. The van der Waals surface area contributed by atoms with Crippen LogP contribution in [0, 0.1) is 11.3 Å². The van der Waals surface area contributed by atoms with Gasteiger partial charge in [-0.2, -0.15) is 5.26 Å². The predicted octanol–water partition coefficient (Wildman–Crippen LogP) is 2.51. The van der Waals surface area contributed by atoms with Crippen molar-refractivity contribution in [2.45, 2.75) is 25.7 Å². The number of rotatable bonds is 2. The Morgan fingerprint density at radius 3 is 2.76 bits per heavy atom. The van der Waals surface area contributed by atoms with Crippen LogP contribution in [0.25, 0.3) is 0 Å². The summed E-state index contributed by atoms with van der Waals surface area (Å²) in [7, 11) is 0. The minimum atomic E-state index is 0.0380. The number of nitrogens with zero attached hydrogens (tertiary/aromatic N) is 1. The number of nitriles is 1. The van der Waals surface area contributed by atoms with Crippen LogP contribution in [0.4, 0.5) is 0 Å². The van der Waals surface area contributed by atoms with E-state index in [-0.39, 0.29) is 11.5 Å². The number of carbonyl (C=O) groups excluding carboxylic acids is 1. The molecule has 1 aromatic carbocycles. The first-order valence-electron chi connectivity index (χ1n) is 5.64. The van der Waals surface area contributed by atoms with Crippen molar-refractivity contribution in [3.63, 3.8) is 0 Å². The number of phenols is 1. The van der Waals surface area contributed by atoms with Crippen LogP contribution in [-0.4, -0.2) is 10.9 Å². The summed E-state index contributed by atoms with van der Waals surface area (Å²) in [6, 6.07) is 9.02. The second-order valence-electron chi connectivity index (χ2n) is 4.15. The monoisotopic (exact) mass is 227 g/mol. The minimum Gasteiger partial charge on any atom is -0.508 e. The lowest BCUT2D eigenvalue weighted by atomic mass is 9.87. The Balaban J connectivity index is 2.34. The average Bonchev–Trinajstić information content (AvgIpc) is 2.34. The third-order valence-corrected chi connectivity index (χ3v) is 3.03. The van der Waals surface area contributed by atoms with Gasteiger partial charge in [-0.1, -0.05) is 18.2 Å². The predicted molar refractivity (Wildman–Crippen MR) is 63.3 cm³/mol. The summed E-state index contributed by atoms with van der Waals surface area (Å²) in [6.45, 7) is 0. The van der Waals surface area contributed by atoms with Crippen molar-refractivity contribution >= 4 is 5.78 Å². The van der Waals surface area contributed by atoms with E-state index in [4.69, 9.17) is 5.26 Å². The average molecular weight is 227 g/mol. The Morgan fingerprint density at radius 1 is 1.29 bits per heavy atom. The van der Waals surface area contributed by atoms with Crippen LogP contribution in [0.1, 0.15) is 24.8 Å². The van der Waals surface area contributed by atoms with Gasteiger partial charge >= 0.3 is 0 Å². The van der Waals surface area contributed by atoms with Crippen LogP contribution in [0.2, 0.25) is 0 Å². The molecule has 3 nitrogen and oxygen atoms in total. The highest BCUT2D eigenvalue weighted by molar-refractivity contribution is 5.98. The number of aromatic hydroxyl groups is 1. The van der Waals surface area contributed by atoms with E-state index in [1.165, 1.54) is 0 Å². The Hall–Kier alpha value is -2.08. The normalized spacial score (nSPS) is 15.8. The largest absolute Gasteiger partial charge is 0.508 e. The van der Waals surface area contributed by atoms with Gasteiger partial charge in [0, 0.05) is 24.0 Å². The van der Waals surface area contributed by atoms with E-state index in [1.807, 2.05) is 6.07 Å². The highest BCUT2D eigenvalue weighted by Crippen LogP contribution is 2.27. The number of hydrogen-bond acceptors (Lipinski definition) is 3. The SMILES string of the molecule is N#CC1=C(Cc2ccccc2O)C(=O)CCC1. The van der Waals surface area contributed by atoms with E-state index in [0.717, 1.165) is 6.42 Å². The van der Waals surface area contributed by atoms with Crippen molar-refractivity contribution < 1.29 is 9.90 Å². The van der Waals surface area contributed by atoms with Crippen molar-refractivity contribution in [3.05, 3.63) is 41.0 Å². The number of para-hydroxylation sites is 1. The zero-order valence-corrected chi connectivity index (χ0v) is 9.44. The van der Waals surface area contributed by atoms with Gasteiger partial charge in [0.25, 0.3) is 0 Å². The van der Waals surface area contributed by atoms with E-state index in [9.17, 15) is 9.90 Å². The molecule has 0 unspecified atom stereocenters. The van der Waals surface area contributed by atoms with Crippen LogP contribution in [-0.2, 0) is 11.2 Å². The third-order valence-electron chi connectivity index (χ3n) is 3.03. The van der Waals surface area contributed by atoms with E-state index in [0.29, 0.717) is 36.0 Å². The van der Waals surface area contributed by atoms with Gasteiger partial charge in [0.2, 0.25) is 0 Å². The number of benzene rings is 1. The van der Waals surface area contributed by atoms with Gasteiger partial charge in [0.1, 0.15) is 5.75 Å². The molecule has 0 atom stereocenters. The number of hydrogen-bond donors (Lipinski definition) is 1. The van der Waals surface area contributed by atoms with Crippen LogP contribution < -0.4 is 0 Å². The maximum absolute atomic E-state index is 11.8. The maximum Gasteiger partial charge on any atom is 0.160 e. The van der Waals surface area contributed by atoms with Gasteiger partial charge in [-0.05, 0) is 24.5 Å². The van der Waals surface area contributed by atoms with Gasteiger partial charge in [-0.15, -0.1) is 0 Å². The molecule has 86 valence electrons. The second-order valence-corrected chi connectivity index (χ2v) is 4.15. The van der Waals surface area contributed by atoms with E-state index < -0.39 is 0 Å². The third kappa shape index (κ3) is 2.36. The fourth-order valence-corrected chi connectivity index (χ4v) is 2.08. The number of phenolic OH excluding ortho intramolecular Hbond substituents is 1. The zero-order chi connectivity index (χ0) is 12.3. The summed E-state index contributed by atoms with van der Waals surface area (Å²) in [5.41, 5.74) is 1.84. The molecule has 0 radical (unpaired) electrons. The molecule has 0 saturated carbocycles. The van der Waals surface area contributed by atoms with Crippen LogP contribution in [0.3, 0.4) is 0 Å². The number of ketones is 1. The summed E-state index contributed by atoms with van der Waals surface area (Å²) >= 11 is 0. The summed E-state index contributed by atoms with van der Waals surface area (Å²) in [4.78, 5) is 11.8. The fourth-order valence-electron chi connectivity index (χ4n) is 2.08. The highest BCUT2D eigenvalue weighted by Gasteiger charge is 2.21. The fraction of sp³-hybridized carbons (Fsp3) is 0.286. The number of allylic oxidation sites excluding steroid dienone is 2. The molecule has 3 heteroatoms. The first-order valence-corrected chi connectivity index (χ1v) is 5.64. The van der Waals surface area contributed by atoms with Crippen molar-refractivity contribution in [2.75, 3.05) is 0 Å². The minimum absolute atomic E-state index is 0.0380. The molecule has 0 amide bonds. The van der Waals surface area contributed by atoms with E-state index in [2.05, 4.69) is 6.07 Å². The van der Waals surface area contributed by atoms with Gasteiger partial charge in [0.15, 0.2) is 5.78 Å². The van der Waals surface area contributed by atoms with Crippen molar-refractivity contribution in [3.8, 4) is 11.8 Å². The Morgan fingerprint density at radius 2 is 2.06 bits per heavy atom. The summed E-state index contributed by atoms with van der Waals surface area (Å²) < 4.78 is 0. The topological polar surface area (TPSA) is 61.1 Å². The van der Waals surface area contributed by atoms with Crippen LogP contribution in [0.15, 0.2) is 35.4 Å². The Bertz CT molecular complexity index is 523. The zero-order valence-electron chi connectivity index (χ0n) is 9.44. The van der Waals surface area contributed by atoms with Gasteiger partial charge in [0.05, 0.1) is 6.07 Å². The molecule has 0 fully saturated rings. The molecule has 1 N–H and O–H groups in total. The molecule has 2 rings (SSSR count). The molecular formula is C14H13NO2. The smallest absolute Gasteiger partial charge is 0.160 e. The van der Waals surface area contributed by atoms with Crippen molar-refractivity contribution in [2.24, 2.45) is 0 Å². The summed E-state index contributed by atoms with van der Waals surface area (Å²) in [6.07, 6.45) is 2.29. The van der Waals surface area contributed by atoms with Crippen molar-refractivity contribution in [1.29, 1.82) is 5.26 Å². The van der Waals surface area contributed by atoms with Crippen LogP contribution in [0.5, 0.6) is 5.75 Å². The van der Waals surface area contributed by atoms with Gasteiger partial charge < -0.3 is 5.11 Å². The molecular weight excluding hydrogens is 214 g/mol. The standard InChI is InChI=1S/C14H13NO2/c15-9-11-5-3-7-14(17)12(11)8-10-4-1-2-6-13(10)16/h1-2,4,6,16H,3,5,7-8H2. The molecule has 1 aliphatic carbocycles. The molecule has 0 spiro atoms. The summed E-state index contributed by atoms with van der Waals surface area (Å²) in [5, 5.41) is 18.7. The Labute approximate surface area is 100 Å². The molecule has 1 aliphatic rings. The first kappa shape index (κ1) is 11.4. The number of Topliss-reactive ketones (excluding diaryl/α,β-unsaturated/α-hetero) is 1. The molecule has 1 aromatic rings. The van der Waals surface area contributed by atoms with E-state index in [1.54, 1.807) is 18.2 Å². The van der Waals surface area contributed by atoms with E-state index >= 15 is 0 Å². The lowest BCUT2D eigenvalue weighted by Crippen LogP contribution is -2.13. The van der Waals surface area contributed by atoms with Gasteiger partial charge in [-0.3, -0.25) is 4.79 Å². The molecule has 0 saturated heterocycles. The highest BCUT2D eigenvalue weighted by atomic mass is 16.3. The Kier molecular flexibility index (Phi) is 3.24. The lowest BCUT2D eigenvalue weighted by Gasteiger charge is -2.15. The number of carbonyl (C=O) groups is 1. The molecule has 0 aliphatic heterocycles. The first-order chi connectivity index (χ1) is 8.22.